The fourth-order valence-corrected chi connectivity index (χ4v) is 2.15. The summed E-state index contributed by atoms with van der Waals surface area (Å²) in [6.07, 6.45) is 1.05. The average Bonchev–Trinajstić information content (AvgIpc) is 2.47. The lowest BCUT2D eigenvalue weighted by atomic mass is 10.1. The molecule has 4 heteroatoms. The largest absolute Gasteiger partial charge is 0.385 e. The van der Waals surface area contributed by atoms with Gasteiger partial charge in [-0.1, -0.05) is 24.3 Å². The summed E-state index contributed by atoms with van der Waals surface area (Å²) in [5.41, 5.74) is 2.66. The quantitative estimate of drug-likeness (QED) is 0.628. The van der Waals surface area contributed by atoms with Crippen LogP contribution >= 0.6 is 0 Å². The summed E-state index contributed by atoms with van der Waals surface area (Å²) >= 11 is 0. The number of benzene rings is 1. The molecule has 1 aromatic carbocycles. The summed E-state index contributed by atoms with van der Waals surface area (Å²) in [5.74, 6) is 0. The SMILES string of the molecule is CNCc1ccc(CN(CCCOC)CCOC)cc1. The maximum absolute atomic E-state index is 5.19. The van der Waals surface area contributed by atoms with E-state index in [-0.39, 0.29) is 0 Å². The number of hydrogen-bond acceptors (Lipinski definition) is 4. The summed E-state index contributed by atoms with van der Waals surface area (Å²) in [7, 11) is 5.47. The first-order valence-electron chi connectivity index (χ1n) is 7.22. The van der Waals surface area contributed by atoms with Crippen molar-refractivity contribution in [2.45, 2.75) is 19.5 Å². The van der Waals surface area contributed by atoms with Crippen LogP contribution in [0.5, 0.6) is 0 Å². The van der Waals surface area contributed by atoms with Crippen LogP contribution in [0.1, 0.15) is 17.5 Å². The normalized spacial score (nSPS) is 11.2. The van der Waals surface area contributed by atoms with Crippen LogP contribution in [0.4, 0.5) is 0 Å². The second-order valence-corrected chi connectivity index (χ2v) is 4.96. The van der Waals surface area contributed by atoms with E-state index >= 15 is 0 Å². The number of rotatable bonds is 11. The van der Waals surface area contributed by atoms with Crippen molar-refractivity contribution >= 4 is 0 Å². The van der Waals surface area contributed by atoms with Crippen LogP contribution in [0.25, 0.3) is 0 Å². The van der Waals surface area contributed by atoms with Gasteiger partial charge in [-0.2, -0.15) is 0 Å². The zero-order valence-corrected chi connectivity index (χ0v) is 13.0. The van der Waals surface area contributed by atoms with E-state index in [0.717, 1.165) is 45.8 Å². The van der Waals surface area contributed by atoms with E-state index in [1.54, 1.807) is 14.2 Å². The highest BCUT2D eigenvalue weighted by Crippen LogP contribution is 2.08. The lowest BCUT2D eigenvalue weighted by Gasteiger charge is -2.22. The van der Waals surface area contributed by atoms with Crippen molar-refractivity contribution in [3.05, 3.63) is 35.4 Å². The summed E-state index contributed by atoms with van der Waals surface area (Å²) < 4.78 is 10.3. The molecule has 0 heterocycles. The van der Waals surface area contributed by atoms with Gasteiger partial charge in [0.1, 0.15) is 0 Å². The Kier molecular flexibility index (Phi) is 9.24. The van der Waals surface area contributed by atoms with Crippen molar-refractivity contribution in [2.75, 3.05) is 47.6 Å². The third-order valence-corrected chi connectivity index (χ3v) is 3.24. The van der Waals surface area contributed by atoms with Crippen molar-refractivity contribution in [1.82, 2.24) is 10.2 Å². The molecule has 1 N–H and O–H groups in total. The van der Waals surface area contributed by atoms with Crippen molar-refractivity contribution in [3.63, 3.8) is 0 Å². The molecular formula is C16H28N2O2. The van der Waals surface area contributed by atoms with Gasteiger partial charge >= 0.3 is 0 Å². The van der Waals surface area contributed by atoms with E-state index in [2.05, 4.69) is 34.5 Å². The molecule has 0 radical (unpaired) electrons. The van der Waals surface area contributed by atoms with Crippen LogP contribution in [0.2, 0.25) is 0 Å². The molecule has 1 rings (SSSR count). The molecule has 0 saturated heterocycles. The van der Waals surface area contributed by atoms with Gasteiger partial charge in [0.05, 0.1) is 6.61 Å². The Hall–Kier alpha value is -0.940. The van der Waals surface area contributed by atoms with Gasteiger partial charge in [-0.25, -0.2) is 0 Å². The summed E-state index contributed by atoms with van der Waals surface area (Å²) in [5, 5.41) is 3.17. The van der Waals surface area contributed by atoms with Gasteiger partial charge in [-0.05, 0) is 24.6 Å². The van der Waals surface area contributed by atoms with Crippen LogP contribution in [-0.4, -0.2) is 52.5 Å². The molecule has 0 aliphatic heterocycles. The fourth-order valence-electron chi connectivity index (χ4n) is 2.15. The molecule has 1 aromatic rings. The third kappa shape index (κ3) is 7.01. The van der Waals surface area contributed by atoms with Crippen molar-refractivity contribution in [2.24, 2.45) is 0 Å². The van der Waals surface area contributed by atoms with E-state index < -0.39 is 0 Å². The summed E-state index contributed by atoms with van der Waals surface area (Å²) in [6.45, 7) is 5.46. The Morgan fingerprint density at radius 2 is 1.60 bits per heavy atom. The van der Waals surface area contributed by atoms with Crippen LogP contribution in [0, 0.1) is 0 Å². The van der Waals surface area contributed by atoms with E-state index in [9.17, 15) is 0 Å². The summed E-state index contributed by atoms with van der Waals surface area (Å²) in [4.78, 5) is 2.41. The van der Waals surface area contributed by atoms with Crippen LogP contribution in [0.3, 0.4) is 0 Å². The van der Waals surface area contributed by atoms with Gasteiger partial charge in [0, 0.05) is 47.0 Å². The Morgan fingerprint density at radius 1 is 0.950 bits per heavy atom. The molecule has 0 amide bonds. The molecule has 4 nitrogen and oxygen atoms in total. The number of ether oxygens (including phenoxy) is 2. The van der Waals surface area contributed by atoms with Crippen molar-refractivity contribution in [3.8, 4) is 0 Å². The predicted octanol–water partition coefficient (Wildman–Crippen LogP) is 1.89. The first-order valence-corrected chi connectivity index (χ1v) is 7.22. The lowest BCUT2D eigenvalue weighted by molar-refractivity contribution is 0.129. The molecule has 0 bridgehead atoms. The molecule has 0 fully saturated rings. The minimum Gasteiger partial charge on any atom is -0.385 e. The minimum absolute atomic E-state index is 0.769. The molecule has 0 aliphatic carbocycles. The zero-order valence-electron chi connectivity index (χ0n) is 13.0. The topological polar surface area (TPSA) is 33.7 Å². The molecule has 0 unspecified atom stereocenters. The summed E-state index contributed by atoms with van der Waals surface area (Å²) in [6, 6.07) is 8.80. The Balaban J connectivity index is 2.48. The predicted molar refractivity (Wildman–Crippen MR) is 82.9 cm³/mol. The minimum atomic E-state index is 0.769. The maximum Gasteiger partial charge on any atom is 0.0589 e. The van der Waals surface area contributed by atoms with Crippen molar-refractivity contribution in [1.29, 1.82) is 0 Å². The smallest absolute Gasteiger partial charge is 0.0589 e. The van der Waals surface area contributed by atoms with Crippen molar-refractivity contribution < 1.29 is 9.47 Å². The molecule has 0 saturated carbocycles. The zero-order chi connectivity index (χ0) is 14.6. The first kappa shape index (κ1) is 17.1. The van der Waals surface area contributed by atoms with Gasteiger partial charge in [0.25, 0.3) is 0 Å². The monoisotopic (exact) mass is 280 g/mol. The molecule has 20 heavy (non-hydrogen) atoms. The Morgan fingerprint density at radius 3 is 2.20 bits per heavy atom. The number of nitrogens with zero attached hydrogens (tertiary/aromatic N) is 1. The lowest BCUT2D eigenvalue weighted by Crippen LogP contribution is -2.28. The van der Waals surface area contributed by atoms with Crippen LogP contribution < -0.4 is 5.32 Å². The second-order valence-electron chi connectivity index (χ2n) is 4.96. The molecular weight excluding hydrogens is 252 g/mol. The molecule has 0 spiro atoms. The van der Waals surface area contributed by atoms with E-state index in [1.807, 2.05) is 7.05 Å². The van der Waals surface area contributed by atoms with Gasteiger partial charge in [-0.15, -0.1) is 0 Å². The fraction of sp³-hybridized carbons (Fsp3) is 0.625. The number of nitrogens with one attached hydrogen (secondary N) is 1. The van der Waals surface area contributed by atoms with Crippen LogP contribution in [-0.2, 0) is 22.6 Å². The number of methoxy groups -OCH3 is 2. The Labute approximate surface area is 123 Å². The molecule has 0 aliphatic rings. The number of hydrogen-bond donors (Lipinski definition) is 1. The molecule has 0 aromatic heterocycles. The first-order chi connectivity index (χ1) is 9.80. The molecule has 0 atom stereocenters. The third-order valence-electron chi connectivity index (χ3n) is 3.24. The van der Waals surface area contributed by atoms with Gasteiger partial charge in [-0.3, -0.25) is 4.90 Å². The maximum atomic E-state index is 5.19. The van der Waals surface area contributed by atoms with Gasteiger partial charge in [0.15, 0.2) is 0 Å². The van der Waals surface area contributed by atoms with Crippen LogP contribution in [0.15, 0.2) is 24.3 Å². The standard InChI is InChI=1S/C16H28N2O2/c1-17-13-15-5-7-16(8-6-15)14-18(10-12-20-3)9-4-11-19-2/h5-8,17H,4,9-14H2,1-3H3. The highest BCUT2D eigenvalue weighted by Gasteiger charge is 2.06. The Bertz CT molecular complexity index is 341. The second kappa shape index (κ2) is 10.8. The average molecular weight is 280 g/mol. The van der Waals surface area contributed by atoms with E-state index in [4.69, 9.17) is 9.47 Å². The molecule has 114 valence electrons. The van der Waals surface area contributed by atoms with E-state index in [1.165, 1.54) is 11.1 Å². The highest BCUT2D eigenvalue weighted by atomic mass is 16.5. The highest BCUT2D eigenvalue weighted by molar-refractivity contribution is 5.22. The van der Waals surface area contributed by atoms with Gasteiger partial charge in [0.2, 0.25) is 0 Å². The van der Waals surface area contributed by atoms with Gasteiger partial charge < -0.3 is 14.8 Å². The van der Waals surface area contributed by atoms with E-state index in [0.29, 0.717) is 0 Å².